The third kappa shape index (κ3) is 2.11. The van der Waals surface area contributed by atoms with Gasteiger partial charge in [-0.05, 0) is 31.1 Å². The molecule has 0 aromatic rings. The van der Waals surface area contributed by atoms with Crippen LogP contribution in [-0.2, 0) is 9.53 Å². The number of fused-ring (bicyclic) bond motifs is 1. The molecule has 0 aromatic heterocycles. The van der Waals surface area contributed by atoms with E-state index >= 15 is 0 Å². The Hall–Kier alpha value is -0.530. The van der Waals surface area contributed by atoms with Crippen LogP contribution < -0.4 is 0 Å². The fourth-order valence-corrected chi connectivity index (χ4v) is 3.40. The molecule has 1 aliphatic carbocycles. The summed E-state index contributed by atoms with van der Waals surface area (Å²) in [5, 5.41) is 0. The minimum absolute atomic E-state index is 0.0368. The zero-order chi connectivity index (χ0) is 11.8. The maximum absolute atomic E-state index is 11.5. The molecule has 0 spiro atoms. The number of unbranched alkanes of at least 4 members (excludes halogenated alkanes) is 1. The largest absolute Gasteiger partial charge is 0.462 e. The first kappa shape index (κ1) is 11.9. The van der Waals surface area contributed by atoms with E-state index in [1.54, 1.807) is 0 Å². The second-order valence-corrected chi connectivity index (χ2v) is 6.08. The predicted octanol–water partition coefficient (Wildman–Crippen LogP) is 3.54. The lowest BCUT2D eigenvalue weighted by Crippen LogP contribution is -2.34. The normalized spacial score (nSPS) is 42.9. The molecule has 1 heterocycles. The van der Waals surface area contributed by atoms with Gasteiger partial charge in [-0.1, -0.05) is 33.6 Å². The van der Waals surface area contributed by atoms with Gasteiger partial charge >= 0.3 is 5.97 Å². The molecule has 4 atom stereocenters. The van der Waals surface area contributed by atoms with E-state index in [0.717, 1.165) is 6.42 Å². The fourth-order valence-electron chi connectivity index (χ4n) is 3.40. The van der Waals surface area contributed by atoms with Crippen molar-refractivity contribution >= 4 is 5.97 Å². The SMILES string of the molecule is CCCC[C@@]1(C)CCC2[C@@H](C1)OC(=O)[C@@H]2C. The molecule has 1 unspecified atom stereocenters. The molecule has 0 radical (unpaired) electrons. The fraction of sp³-hybridized carbons (Fsp3) is 0.929. The Labute approximate surface area is 98.7 Å². The summed E-state index contributed by atoms with van der Waals surface area (Å²) in [6.07, 6.45) is 7.62. The summed E-state index contributed by atoms with van der Waals surface area (Å²) in [7, 11) is 0. The summed E-state index contributed by atoms with van der Waals surface area (Å²) in [5.41, 5.74) is 0.418. The molecule has 16 heavy (non-hydrogen) atoms. The van der Waals surface area contributed by atoms with Crippen LogP contribution >= 0.6 is 0 Å². The number of carbonyl (C=O) groups excluding carboxylic acids is 1. The van der Waals surface area contributed by atoms with Crippen molar-refractivity contribution in [1.82, 2.24) is 0 Å². The highest BCUT2D eigenvalue weighted by atomic mass is 16.6. The molecule has 0 aromatic carbocycles. The number of ether oxygens (including phenoxy) is 1. The highest BCUT2D eigenvalue weighted by Gasteiger charge is 2.48. The van der Waals surface area contributed by atoms with Gasteiger partial charge < -0.3 is 4.74 Å². The number of hydrogen-bond donors (Lipinski definition) is 0. The first-order valence-corrected chi connectivity index (χ1v) is 6.76. The van der Waals surface area contributed by atoms with Crippen molar-refractivity contribution in [2.24, 2.45) is 17.3 Å². The standard InChI is InChI=1S/C14H24O2/c1-4-5-7-14(3)8-6-11-10(2)13(15)16-12(11)9-14/h10-12H,4-9H2,1-3H3/t10-,11?,12-,14+/m1/s1. The highest BCUT2D eigenvalue weighted by Crippen LogP contribution is 2.48. The van der Waals surface area contributed by atoms with Crippen LogP contribution in [0.3, 0.4) is 0 Å². The van der Waals surface area contributed by atoms with Gasteiger partial charge in [0.15, 0.2) is 0 Å². The van der Waals surface area contributed by atoms with E-state index in [0.29, 0.717) is 11.3 Å². The average molecular weight is 224 g/mol. The first-order valence-electron chi connectivity index (χ1n) is 6.76. The number of esters is 1. The van der Waals surface area contributed by atoms with Crippen LogP contribution in [0.4, 0.5) is 0 Å². The van der Waals surface area contributed by atoms with Crippen LogP contribution in [0.25, 0.3) is 0 Å². The maximum atomic E-state index is 11.5. The molecule has 0 N–H and O–H groups in total. The third-order valence-electron chi connectivity index (χ3n) is 4.67. The lowest BCUT2D eigenvalue weighted by Gasteiger charge is -2.39. The number of hydrogen-bond acceptors (Lipinski definition) is 2. The van der Waals surface area contributed by atoms with Crippen molar-refractivity contribution in [3.8, 4) is 0 Å². The van der Waals surface area contributed by atoms with E-state index in [9.17, 15) is 4.79 Å². The van der Waals surface area contributed by atoms with Crippen LogP contribution in [0.1, 0.15) is 59.3 Å². The minimum atomic E-state index is 0.0368. The van der Waals surface area contributed by atoms with Crippen molar-refractivity contribution < 1.29 is 9.53 Å². The lowest BCUT2D eigenvalue weighted by atomic mass is 9.66. The van der Waals surface area contributed by atoms with E-state index < -0.39 is 0 Å². The number of rotatable bonds is 3. The zero-order valence-electron chi connectivity index (χ0n) is 10.8. The van der Waals surface area contributed by atoms with Crippen molar-refractivity contribution in [2.75, 3.05) is 0 Å². The van der Waals surface area contributed by atoms with Crippen LogP contribution in [0.5, 0.6) is 0 Å². The van der Waals surface area contributed by atoms with Gasteiger partial charge in [0.1, 0.15) is 6.10 Å². The van der Waals surface area contributed by atoms with Gasteiger partial charge in [-0.25, -0.2) is 0 Å². The molecule has 1 aliphatic heterocycles. The molecule has 2 fully saturated rings. The average Bonchev–Trinajstić information content (AvgIpc) is 2.51. The molecule has 2 nitrogen and oxygen atoms in total. The van der Waals surface area contributed by atoms with Gasteiger partial charge in [0.05, 0.1) is 5.92 Å². The van der Waals surface area contributed by atoms with E-state index in [-0.39, 0.29) is 18.0 Å². The van der Waals surface area contributed by atoms with Crippen molar-refractivity contribution in [3.63, 3.8) is 0 Å². The van der Waals surface area contributed by atoms with Crippen LogP contribution in [0.15, 0.2) is 0 Å². The number of carbonyl (C=O) groups is 1. The quantitative estimate of drug-likeness (QED) is 0.685. The van der Waals surface area contributed by atoms with Crippen LogP contribution in [0.2, 0.25) is 0 Å². The van der Waals surface area contributed by atoms with Gasteiger partial charge in [0.2, 0.25) is 0 Å². The summed E-state index contributed by atoms with van der Waals surface area (Å²) >= 11 is 0. The zero-order valence-corrected chi connectivity index (χ0v) is 10.8. The van der Waals surface area contributed by atoms with E-state index in [1.165, 1.54) is 32.1 Å². The second kappa shape index (κ2) is 4.38. The van der Waals surface area contributed by atoms with Gasteiger partial charge in [-0.2, -0.15) is 0 Å². The summed E-state index contributed by atoms with van der Waals surface area (Å²) in [6.45, 7) is 6.64. The van der Waals surface area contributed by atoms with E-state index in [2.05, 4.69) is 13.8 Å². The molecule has 0 amide bonds. The Bertz CT molecular complexity index is 274. The van der Waals surface area contributed by atoms with Crippen molar-refractivity contribution in [2.45, 2.75) is 65.4 Å². The molecule has 2 aliphatic rings. The maximum Gasteiger partial charge on any atom is 0.309 e. The van der Waals surface area contributed by atoms with Gasteiger partial charge in [-0.3, -0.25) is 4.79 Å². The molecule has 2 rings (SSSR count). The summed E-state index contributed by atoms with van der Waals surface area (Å²) in [6, 6.07) is 0. The second-order valence-electron chi connectivity index (χ2n) is 6.08. The molecule has 0 bridgehead atoms. The Morgan fingerprint density at radius 3 is 2.94 bits per heavy atom. The van der Waals surface area contributed by atoms with Crippen LogP contribution in [-0.4, -0.2) is 12.1 Å². The molecule has 1 saturated heterocycles. The topological polar surface area (TPSA) is 26.3 Å². The minimum Gasteiger partial charge on any atom is -0.462 e. The summed E-state index contributed by atoms with van der Waals surface area (Å²) in [4.78, 5) is 11.5. The third-order valence-corrected chi connectivity index (χ3v) is 4.67. The van der Waals surface area contributed by atoms with Crippen molar-refractivity contribution in [1.29, 1.82) is 0 Å². The van der Waals surface area contributed by atoms with Crippen molar-refractivity contribution in [3.05, 3.63) is 0 Å². The molecule has 92 valence electrons. The molecular formula is C14H24O2. The van der Waals surface area contributed by atoms with E-state index in [4.69, 9.17) is 4.74 Å². The Balaban J connectivity index is 1.98. The van der Waals surface area contributed by atoms with Gasteiger partial charge in [0, 0.05) is 5.92 Å². The Kier molecular flexibility index (Phi) is 3.27. The first-order chi connectivity index (χ1) is 7.56. The lowest BCUT2D eigenvalue weighted by molar-refractivity contribution is -0.145. The summed E-state index contributed by atoms with van der Waals surface area (Å²) < 4.78 is 5.51. The monoisotopic (exact) mass is 224 g/mol. The highest BCUT2D eigenvalue weighted by molar-refractivity contribution is 5.74. The van der Waals surface area contributed by atoms with E-state index in [1.807, 2.05) is 6.92 Å². The van der Waals surface area contributed by atoms with Gasteiger partial charge in [0.25, 0.3) is 0 Å². The molecule has 1 saturated carbocycles. The molecular weight excluding hydrogens is 200 g/mol. The molecule has 2 heteroatoms. The Morgan fingerprint density at radius 1 is 1.50 bits per heavy atom. The summed E-state index contributed by atoms with van der Waals surface area (Å²) in [5.74, 6) is 0.678. The van der Waals surface area contributed by atoms with Crippen LogP contribution in [0, 0.1) is 17.3 Å². The van der Waals surface area contributed by atoms with Gasteiger partial charge in [-0.15, -0.1) is 0 Å². The predicted molar refractivity (Wildman–Crippen MR) is 64.0 cm³/mol. The Morgan fingerprint density at radius 2 is 2.25 bits per heavy atom. The smallest absolute Gasteiger partial charge is 0.309 e.